The number of nitrogens with one attached hydrogen (secondary N) is 1. The molecule has 1 N–H and O–H groups in total. The molecule has 5 nitrogen and oxygen atoms in total. The number of anilines is 1. The molecule has 2 aromatic rings. The Labute approximate surface area is 118 Å². The van der Waals surface area contributed by atoms with E-state index in [1.807, 2.05) is 4.72 Å². The highest BCUT2D eigenvalue weighted by molar-refractivity contribution is 7.92. The third-order valence-corrected chi connectivity index (χ3v) is 3.93. The first kappa shape index (κ1) is 14.9. The Morgan fingerprint density at radius 3 is 2.43 bits per heavy atom. The van der Waals surface area contributed by atoms with Crippen LogP contribution in [0.3, 0.4) is 0 Å². The summed E-state index contributed by atoms with van der Waals surface area (Å²) >= 11 is 0. The molecule has 0 radical (unpaired) electrons. The van der Waals surface area contributed by atoms with Crippen LogP contribution in [0, 0.1) is 11.6 Å². The van der Waals surface area contributed by atoms with Gasteiger partial charge < -0.3 is 9.90 Å². The molecule has 8 heteroatoms. The smallest absolute Gasteiger partial charge is 0.264 e. The fraction of sp³-hybridized carbons (Fsp3) is 0. The zero-order chi connectivity index (χ0) is 15.6. The van der Waals surface area contributed by atoms with Gasteiger partial charge in [-0.15, -0.1) is 0 Å². The molecule has 0 atom stereocenters. The zero-order valence-electron chi connectivity index (χ0n) is 10.3. The number of carbonyl (C=O) groups excluding carboxylic acids is 1. The molecule has 0 saturated heterocycles. The van der Waals surface area contributed by atoms with Gasteiger partial charge in [0.1, 0.15) is 16.5 Å². The Hall–Kier alpha value is -2.48. The van der Waals surface area contributed by atoms with E-state index in [2.05, 4.69) is 0 Å². The van der Waals surface area contributed by atoms with Crippen molar-refractivity contribution in [2.75, 3.05) is 4.72 Å². The lowest BCUT2D eigenvalue weighted by molar-refractivity contribution is -0.255. The van der Waals surface area contributed by atoms with Crippen molar-refractivity contribution in [3.05, 3.63) is 59.7 Å². The highest BCUT2D eigenvalue weighted by Gasteiger charge is 2.20. The Bertz CT molecular complexity index is 806. The van der Waals surface area contributed by atoms with Crippen molar-refractivity contribution in [1.82, 2.24) is 0 Å². The largest absolute Gasteiger partial charge is 0.545 e. The summed E-state index contributed by atoms with van der Waals surface area (Å²) in [6.07, 6.45) is 0. The van der Waals surface area contributed by atoms with E-state index in [9.17, 15) is 27.1 Å². The standard InChI is InChI=1S/C13H9F2NO4S/c14-9-2-1-3-10(7-9)16-21(19,20)12-6-8(13(17)18)4-5-11(12)15/h1-7,16H,(H,17,18)/p-1. The number of benzene rings is 2. The summed E-state index contributed by atoms with van der Waals surface area (Å²) in [5.41, 5.74) is -0.607. The van der Waals surface area contributed by atoms with E-state index in [1.54, 1.807) is 0 Å². The summed E-state index contributed by atoms with van der Waals surface area (Å²) in [6.45, 7) is 0. The first-order valence-electron chi connectivity index (χ1n) is 5.59. The van der Waals surface area contributed by atoms with Crippen LogP contribution in [0.2, 0.25) is 0 Å². The highest BCUT2D eigenvalue weighted by Crippen LogP contribution is 2.20. The van der Waals surface area contributed by atoms with E-state index in [0.717, 1.165) is 18.2 Å². The topological polar surface area (TPSA) is 86.3 Å². The highest BCUT2D eigenvalue weighted by atomic mass is 32.2. The predicted molar refractivity (Wildman–Crippen MR) is 67.9 cm³/mol. The molecule has 0 bridgehead atoms. The molecule has 0 amide bonds. The van der Waals surface area contributed by atoms with Gasteiger partial charge in [0, 0.05) is 0 Å². The maximum absolute atomic E-state index is 13.6. The molecule has 0 aliphatic rings. The average molecular weight is 312 g/mol. The molecular weight excluding hydrogens is 304 g/mol. The second-order valence-corrected chi connectivity index (χ2v) is 5.70. The van der Waals surface area contributed by atoms with Crippen LogP contribution in [0.5, 0.6) is 0 Å². The van der Waals surface area contributed by atoms with Crippen molar-refractivity contribution in [3.63, 3.8) is 0 Å². The van der Waals surface area contributed by atoms with Gasteiger partial charge in [0.25, 0.3) is 10.0 Å². The van der Waals surface area contributed by atoms with Crippen molar-refractivity contribution in [3.8, 4) is 0 Å². The van der Waals surface area contributed by atoms with E-state index in [4.69, 9.17) is 0 Å². The molecule has 0 heterocycles. The number of hydrogen-bond acceptors (Lipinski definition) is 4. The molecular formula is C13H8F2NO4S-. The van der Waals surface area contributed by atoms with Crippen LogP contribution in [-0.2, 0) is 10.0 Å². The Morgan fingerprint density at radius 1 is 1.10 bits per heavy atom. The fourth-order valence-electron chi connectivity index (χ4n) is 1.60. The summed E-state index contributed by atoms with van der Waals surface area (Å²) < 4.78 is 52.6. The minimum atomic E-state index is -4.40. The van der Waals surface area contributed by atoms with Gasteiger partial charge in [0.2, 0.25) is 0 Å². The summed E-state index contributed by atoms with van der Waals surface area (Å²) in [5, 5.41) is 10.7. The van der Waals surface area contributed by atoms with E-state index < -0.39 is 38.1 Å². The number of carboxylic acids is 1. The second-order valence-electron chi connectivity index (χ2n) is 4.05. The second kappa shape index (κ2) is 5.49. The number of carbonyl (C=O) groups is 1. The van der Waals surface area contributed by atoms with E-state index in [1.165, 1.54) is 12.1 Å². The molecule has 0 aliphatic carbocycles. The van der Waals surface area contributed by atoms with Crippen molar-refractivity contribution in [1.29, 1.82) is 0 Å². The lowest BCUT2D eigenvalue weighted by Crippen LogP contribution is -2.23. The zero-order valence-corrected chi connectivity index (χ0v) is 11.2. The lowest BCUT2D eigenvalue weighted by Gasteiger charge is -2.11. The first-order valence-corrected chi connectivity index (χ1v) is 7.07. The van der Waals surface area contributed by atoms with Crippen LogP contribution in [-0.4, -0.2) is 14.4 Å². The fourth-order valence-corrected chi connectivity index (χ4v) is 2.75. The van der Waals surface area contributed by atoms with Crippen molar-refractivity contribution in [2.24, 2.45) is 0 Å². The van der Waals surface area contributed by atoms with Gasteiger partial charge in [-0.2, -0.15) is 0 Å². The first-order chi connectivity index (χ1) is 9.79. The van der Waals surface area contributed by atoms with Gasteiger partial charge in [0.15, 0.2) is 0 Å². The van der Waals surface area contributed by atoms with Gasteiger partial charge in [-0.1, -0.05) is 12.1 Å². The van der Waals surface area contributed by atoms with Crippen LogP contribution in [0.15, 0.2) is 47.4 Å². The van der Waals surface area contributed by atoms with E-state index >= 15 is 0 Å². The number of halogens is 2. The number of hydrogen-bond donors (Lipinski definition) is 1. The molecule has 0 unspecified atom stereocenters. The maximum Gasteiger partial charge on any atom is 0.264 e. The quantitative estimate of drug-likeness (QED) is 0.917. The van der Waals surface area contributed by atoms with Crippen molar-refractivity contribution < 1.29 is 27.1 Å². The molecule has 21 heavy (non-hydrogen) atoms. The van der Waals surface area contributed by atoms with Gasteiger partial charge in [0.05, 0.1) is 11.7 Å². The number of sulfonamides is 1. The van der Waals surface area contributed by atoms with Crippen LogP contribution < -0.4 is 9.83 Å². The summed E-state index contributed by atoms with van der Waals surface area (Å²) in [4.78, 5) is 9.83. The van der Waals surface area contributed by atoms with Crippen molar-refractivity contribution in [2.45, 2.75) is 4.90 Å². The summed E-state index contributed by atoms with van der Waals surface area (Å²) in [6, 6.07) is 6.75. The van der Waals surface area contributed by atoms with Gasteiger partial charge in [-0.05, 0) is 35.9 Å². The minimum Gasteiger partial charge on any atom is -0.545 e. The third-order valence-electron chi connectivity index (χ3n) is 2.53. The molecule has 0 aliphatic heterocycles. The monoisotopic (exact) mass is 312 g/mol. The maximum atomic E-state index is 13.6. The molecule has 0 aromatic heterocycles. The van der Waals surface area contributed by atoms with E-state index in [-0.39, 0.29) is 5.69 Å². The van der Waals surface area contributed by atoms with Crippen LogP contribution in [0.1, 0.15) is 10.4 Å². The average Bonchev–Trinajstić information content (AvgIpc) is 2.38. The molecule has 0 saturated carbocycles. The lowest BCUT2D eigenvalue weighted by atomic mass is 10.2. The molecule has 2 aromatic carbocycles. The van der Waals surface area contributed by atoms with E-state index in [0.29, 0.717) is 12.1 Å². The number of rotatable bonds is 4. The third kappa shape index (κ3) is 3.34. The number of carboxylic acid groups (broad SMARTS) is 1. The van der Waals surface area contributed by atoms with Crippen molar-refractivity contribution >= 4 is 21.7 Å². The number of aromatic carboxylic acids is 1. The van der Waals surface area contributed by atoms with Crippen LogP contribution >= 0.6 is 0 Å². The molecule has 110 valence electrons. The molecule has 2 rings (SSSR count). The normalized spacial score (nSPS) is 11.1. The van der Waals surface area contributed by atoms with Crippen LogP contribution in [0.25, 0.3) is 0 Å². The van der Waals surface area contributed by atoms with Gasteiger partial charge >= 0.3 is 0 Å². The molecule has 0 fully saturated rings. The Morgan fingerprint density at radius 2 is 1.81 bits per heavy atom. The predicted octanol–water partition coefficient (Wildman–Crippen LogP) is 1.13. The summed E-state index contributed by atoms with van der Waals surface area (Å²) in [7, 11) is -4.40. The SMILES string of the molecule is O=C([O-])c1ccc(F)c(S(=O)(=O)Nc2cccc(F)c2)c1. The summed E-state index contributed by atoms with van der Waals surface area (Å²) in [5.74, 6) is -3.46. The van der Waals surface area contributed by atoms with Crippen LogP contribution in [0.4, 0.5) is 14.5 Å². The minimum absolute atomic E-state index is 0.117. The molecule has 0 spiro atoms. The Kier molecular flexibility index (Phi) is 3.90. The Balaban J connectivity index is 2.44. The van der Waals surface area contributed by atoms with Gasteiger partial charge in [-0.3, -0.25) is 4.72 Å². The van der Waals surface area contributed by atoms with Gasteiger partial charge in [-0.25, -0.2) is 17.2 Å².